The molecule has 4 heteroatoms. The van der Waals surface area contributed by atoms with Crippen LogP contribution in [0.3, 0.4) is 0 Å². The first-order valence-electron chi connectivity index (χ1n) is 7.18. The fourth-order valence-electron chi connectivity index (χ4n) is 2.42. The molecular weight excluding hydrogens is 252 g/mol. The third-order valence-electron chi connectivity index (χ3n) is 3.85. The number of carbonyl (C=O) groups excluding carboxylic acids is 2. The number of carbonyl (C=O) groups is 2. The smallest absolute Gasteiger partial charge is 0.227 e. The fourth-order valence-corrected chi connectivity index (χ4v) is 2.42. The molecule has 1 heterocycles. The van der Waals surface area contributed by atoms with E-state index in [1.54, 1.807) is 4.90 Å². The quantitative estimate of drug-likeness (QED) is 0.915. The van der Waals surface area contributed by atoms with Gasteiger partial charge in [-0.1, -0.05) is 13.0 Å². The predicted octanol–water partition coefficient (Wildman–Crippen LogP) is 2.18. The minimum Gasteiger partial charge on any atom is -0.356 e. The molecule has 1 fully saturated rings. The van der Waals surface area contributed by atoms with Gasteiger partial charge in [-0.2, -0.15) is 0 Å². The van der Waals surface area contributed by atoms with Gasteiger partial charge in [0.1, 0.15) is 0 Å². The first-order valence-corrected chi connectivity index (χ1v) is 7.18. The van der Waals surface area contributed by atoms with Gasteiger partial charge in [0, 0.05) is 25.2 Å². The lowest BCUT2D eigenvalue weighted by atomic mass is 10.1. The summed E-state index contributed by atoms with van der Waals surface area (Å²) >= 11 is 0. The topological polar surface area (TPSA) is 49.4 Å². The second kappa shape index (κ2) is 6.07. The van der Waals surface area contributed by atoms with Crippen LogP contribution in [0, 0.1) is 19.8 Å². The van der Waals surface area contributed by atoms with Crippen molar-refractivity contribution in [3.8, 4) is 0 Å². The van der Waals surface area contributed by atoms with Crippen molar-refractivity contribution in [3.63, 3.8) is 0 Å². The summed E-state index contributed by atoms with van der Waals surface area (Å²) in [5.41, 5.74) is 3.26. The van der Waals surface area contributed by atoms with E-state index in [1.165, 1.54) is 5.56 Å². The number of aryl methyl sites for hydroxylation is 2. The summed E-state index contributed by atoms with van der Waals surface area (Å²) in [5, 5.41) is 2.87. The van der Waals surface area contributed by atoms with Gasteiger partial charge in [-0.05, 0) is 43.5 Å². The molecule has 1 atom stereocenters. The number of benzene rings is 1. The number of nitrogens with one attached hydrogen (secondary N) is 1. The largest absolute Gasteiger partial charge is 0.356 e. The number of hydrogen-bond acceptors (Lipinski definition) is 2. The first-order chi connectivity index (χ1) is 9.52. The first kappa shape index (κ1) is 14.6. The Morgan fingerprint density at radius 2 is 2.10 bits per heavy atom. The maximum atomic E-state index is 12.1. The Morgan fingerprint density at radius 1 is 1.35 bits per heavy atom. The highest BCUT2D eigenvalue weighted by molar-refractivity contribution is 6.00. The lowest BCUT2D eigenvalue weighted by Crippen LogP contribution is -2.33. The van der Waals surface area contributed by atoms with Crippen LogP contribution >= 0.6 is 0 Å². The molecule has 1 N–H and O–H groups in total. The SMILES string of the molecule is CCCNC(=O)[C@H]1CC(=O)N(c2ccc(C)c(C)c2)C1. The maximum absolute atomic E-state index is 12.1. The van der Waals surface area contributed by atoms with E-state index < -0.39 is 0 Å². The van der Waals surface area contributed by atoms with Gasteiger partial charge >= 0.3 is 0 Å². The standard InChI is InChI=1S/C16H22N2O2/c1-4-7-17-16(20)13-9-15(19)18(10-13)14-6-5-11(2)12(3)8-14/h5-6,8,13H,4,7,9-10H2,1-3H3,(H,17,20)/t13-/m0/s1. The van der Waals surface area contributed by atoms with Crippen LogP contribution in [-0.4, -0.2) is 24.9 Å². The number of amides is 2. The van der Waals surface area contributed by atoms with E-state index in [-0.39, 0.29) is 17.7 Å². The molecule has 0 saturated carbocycles. The zero-order valence-corrected chi connectivity index (χ0v) is 12.4. The van der Waals surface area contributed by atoms with Gasteiger partial charge in [0.15, 0.2) is 0 Å². The highest BCUT2D eigenvalue weighted by atomic mass is 16.2. The van der Waals surface area contributed by atoms with Crippen molar-refractivity contribution in [2.24, 2.45) is 5.92 Å². The molecule has 0 radical (unpaired) electrons. The lowest BCUT2D eigenvalue weighted by Gasteiger charge is -2.18. The zero-order chi connectivity index (χ0) is 14.7. The Labute approximate surface area is 120 Å². The van der Waals surface area contributed by atoms with Gasteiger partial charge in [0.2, 0.25) is 11.8 Å². The molecule has 0 aliphatic carbocycles. The van der Waals surface area contributed by atoms with E-state index >= 15 is 0 Å². The summed E-state index contributed by atoms with van der Waals surface area (Å²) < 4.78 is 0. The summed E-state index contributed by atoms with van der Waals surface area (Å²) in [7, 11) is 0. The van der Waals surface area contributed by atoms with Gasteiger partial charge in [-0.25, -0.2) is 0 Å². The van der Waals surface area contributed by atoms with Crippen molar-refractivity contribution in [1.82, 2.24) is 5.32 Å². The number of anilines is 1. The van der Waals surface area contributed by atoms with Crippen molar-refractivity contribution in [2.45, 2.75) is 33.6 Å². The van der Waals surface area contributed by atoms with Gasteiger partial charge in [0.25, 0.3) is 0 Å². The minimum absolute atomic E-state index is 0.00784. The van der Waals surface area contributed by atoms with E-state index in [1.807, 2.05) is 39.0 Å². The normalized spacial score (nSPS) is 18.4. The molecule has 1 aliphatic rings. The van der Waals surface area contributed by atoms with Crippen molar-refractivity contribution in [3.05, 3.63) is 29.3 Å². The molecule has 108 valence electrons. The molecule has 1 aliphatic heterocycles. The summed E-state index contributed by atoms with van der Waals surface area (Å²) in [4.78, 5) is 25.8. The molecular formula is C16H22N2O2. The van der Waals surface area contributed by atoms with Gasteiger partial charge in [0.05, 0.1) is 5.92 Å². The minimum atomic E-state index is -0.226. The molecule has 1 aromatic carbocycles. The highest BCUT2D eigenvalue weighted by Gasteiger charge is 2.34. The Kier molecular flexibility index (Phi) is 4.42. The molecule has 2 rings (SSSR count). The summed E-state index contributed by atoms with van der Waals surface area (Å²) in [5.74, 6) is -0.202. The van der Waals surface area contributed by atoms with Crippen LogP contribution in [0.4, 0.5) is 5.69 Å². The molecule has 0 unspecified atom stereocenters. The Morgan fingerprint density at radius 3 is 2.75 bits per heavy atom. The number of hydrogen-bond donors (Lipinski definition) is 1. The average molecular weight is 274 g/mol. The van der Waals surface area contributed by atoms with Crippen LogP contribution in [0.1, 0.15) is 30.9 Å². The van der Waals surface area contributed by atoms with Crippen LogP contribution in [0.15, 0.2) is 18.2 Å². The molecule has 1 saturated heterocycles. The maximum Gasteiger partial charge on any atom is 0.227 e. The molecule has 1 aromatic rings. The van der Waals surface area contributed by atoms with Crippen LogP contribution in [0.25, 0.3) is 0 Å². The van der Waals surface area contributed by atoms with Gasteiger partial charge in [-0.15, -0.1) is 0 Å². The third-order valence-corrected chi connectivity index (χ3v) is 3.85. The van der Waals surface area contributed by atoms with Crippen LogP contribution in [0.5, 0.6) is 0 Å². The van der Waals surface area contributed by atoms with E-state index in [2.05, 4.69) is 5.32 Å². The molecule has 20 heavy (non-hydrogen) atoms. The monoisotopic (exact) mass is 274 g/mol. The van der Waals surface area contributed by atoms with E-state index in [0.29, 0.717) is 19.5 Å². The van der Waals surface area contributed by atoms with Crippen molar-refractivity contribution < 1.29 is 9.59 Å². The van der Waals surface area contributed by atoms with Gasteiger partial charge < -0.3 is 10.2 Å². The second-order valence-corrected chi connectivity index (χ2v) is 5.46. The second-order valence-electron chi connectivity index (χ2n) is 5.46. The Bertz CT molecular complexity index is 525. The number of rotatable bonds is 4. The van der Waals surface area contributed by atoms with E-state index in [9.17, 15) is 9.59 Å². The van der Waals surface area contributed by atoms with Crippen molar-refractivity contribution in [2.75, 3.05) is 18.0 Å². The highest BCUT2D eigenvalue weighted by Crippen LogP contribution is 2.26. The van der Waals surface area contributed by atoms with E-state index in [0.717, 1.165) is 17.7 Å². The fraction of sp³-hybridized carbons (Fsp3) is 0.500. The van der Waals surface area contributed by atoms with Crippen LogP contribution < -0.4 is 10.2 Å². The molecule has 0 aromatic heterocycles. The molecule has 0 spiro atoms. The van der Waals surface area contributed by atoms with Crippen LogP contribution in [-0.2, 0) is 9.59 Å². The number of nitrogens with zero attached hydrogens (tertiary/aromatic N) is 1. The Hall–Kier alpha value is -1.84. The summed E-state index contributed by atoms with van der Waals surface area (Å²) in [6.07, 6.45) is 1.22. The predicted molar refractivity (Wildman–Crippen MR) is 79.7 cm³/mol. The Balaban J connectivity index is 2.09. The van der Waals surface area contributed by atoms with Gasteiger partial charge in [-0.3, -0.25) is 9.59 Å². The molecule has 2 amide bonds. The third kappa shape index (κ3) is 3.00. The van der Waals surface area contributed by atoms with Crippen molar-refractivity contribution >= 4 is 17.5 Å². The average Bonchev–Trinajstić information content (AvgIpc) is 2.81. The summed E-state index contributed by atoms with van der Waals surface area (Å²) in [6.45, 7) is 7.25. The molecule has 0 bridgehead atoms. The molecule has 4 nitrogen and oxygen atoms in total. The van der Waals surface area contributed by atoms with E-state index in [4.69, 9.17) is 0 Å². The van der Waals surface area contributed by atoms with Crippen LogP contribution in [0.2, 0.25) is 0 Å². The summed E-state index contributed by atoms with van der Waals surface area (Å²) in [6, 6.07) is 5.98. The lowest BCUT2D eigenvalue weighted by molar-refractivity contribution is -0.126. The van der Waals surface area contributed by atoms with Crippen molar-refractivity contribution in [1.29, 1.82) is 0 Å². The zero-order valence-electron chi connectivity index (χ0n) is 12.4.